The van der Waals surface area contributed by atoms with Gasteiger partial charge in [-0.1, -0.05) is 0 Å². The summed E-state index contributed by atoms with van der Waals surface area (Å²) < 4.78 is 56.0. The van der Waals surface area contributed by atoms with Gasteiger partial charge in [0, 0.05) is 17.2 Å². The number of alkyl halides is 3. The van der Waals surface area contributed by atoms with E-state index in [0.717, 1.165) is 12.1 Å². The Morgan fingerprint density at radius 2 is 1.97 bits per heavy atom. The van der Waals surface area contributed by atoms with Gasteiger partial charge in [-0.15, -0.1) is 13.2 Å². The normalized spacial score (nSPS) is 15.2. The highest BCUT2D eigenvalue weighted by molar-refractivity contribution is 5.98. The summed E-state index contributed by atoms with van der Waals surface area (Å²) in [5.41, 5.74) is 11.1. The van der Waals surface area contributed by atoms with E-state index in [0.29, 0.717) is 6.07 Å². The lowest BCUT2D eigenvalue weighted by molar-refractivity contribution is -0.275. The molecule has 1 aliphatic rings. The second-order valence-electron chi connectivity index (χ2n) is 5.63. The molecule has 0 saturated heterocycles. The number of aromatic nitrogens is 1. The lowest BCUT2D eigenvalue weighted by Gasteiger charge is -2.27. The third kappa shape index (κ3) is 3.74. The van der Waals surface area contributed by atoms with E-state index in [1.165, 1.54) is 0 Å². The second-order valence-corrected chi connectivity index (χ2v) is 5.63. The van der Waals surface area contributed by atoms with Crippen molar-refractivity contribution in [2.24, 2.45) is 4.99 Å². The maximum atomic E-state index is 13.6. The van der Waals surface area contributed by atoms with Crippen molar-refractivity contribution in [2.45, 2.75) is 12.4 Å². The number of pyridine rings is 1. The van der Waals surface area contributed by atoms with Crippen LogP contribution in [0.5, 0.6) is 5.75 Å². The molecule has 2 aromatic rings. The molecule has 0 bridgehead atoms. The lowest BCUT2D eigenvalue weighted by atomic mass is 9.94. The SMILES string of the molecule is N#CNC1=NC(c2ccc(F)cc2OC(F)(F)F)c2c(nc(N)c(C#N)c2N)N1. The number of aliphatic imine (C=N–C) groups is 1. The quantitative estimate of drug-likeness (QED) is 0.335. The van der Waals surface area contributed by atoms with E-state index in [2.05, 4.69) is 25.3 Å². The predicted molar refractivity (Wildman–Crippen MR) is 92.5 cm³/mol. The second kappa shape index (κ2) is 7.05. The third-order valence-corrected chi connectivity index (χ3v) is 3.85. The number of nitrogens with one attached hydrogen (secondary N) is 2. The fourth-order valence-electron chi connectivity index (χ4n) is 2.75. The summed E-state index contributed by atoms with van der Waals surface area (Å²) in [5, 5.41) is 22.9. The van der Waals surface area contributed by atoms with Crippen LogP contribution < -0.4 is 26.8 Å². The zero-order valence-corrected chi connectivity index (χ0v) is 14.2. The molecule has 1 atom stereocenters. The van der Waals surface area contributed by atoms with Crippen LogP contribution in [0.1, 0.15) is 22.7 Å². The fraction of sp³-hybridized carbons (Fsp3) is 0.125. The van der Waals surface area contributed by atoms with Gasteiger partial charge >= 0.3 is 6.36 Å². The molecule has 0 radical (unpaired) electrons. The molecule has 13 heteroatoms. The van der Waals surface area contributed by atoms with E-state index < -0.39 is 24.0 Å². The van der Waals surface area contributed by atoms with Crippen molar-refractivity contribution in [1.82, 2.24) is 10.3 Å². The van der Waals surface area contributed by atoms with E-state index in [4.69, 9.17) is 16.7 Å². The number of benzene rings is 1. The molecule has 0 aliphatic carbocycles. The van der Waals surface area contributed by atoms with Gasteiger partial charge in [0.25, 0.3) is 0 Å². The van der Waals surface area contributed by atoms with Crippen molar-refractivity contribution in [1.29, 1.82) is 10.5 Å². The first kappa shape index (κ1) is 19.5. The molecule has 6 N–H and O–H groups in total. The molecule has 3 rings (SSSR count). The summed E-state index contributed by atoms with van der Waals surface area (Å²) in [4.78, 5) is 8.07. The summed E-state index contributed by atoms with van der Waals surface area (Å²) in [7, 11) is 0. The first-order chi connectivity index (χ1) is 13.6. The molecule has 1 aromatic heterocycles. The van der Waals surface area contributed by atoms with Crippen molar-refractivity contribution in [2.75, 3.05) is 16.8 Å². The summed E-state index contributed by atoms with van der Waals surface area (Å²) in [6.45, 7) is 0. The Kier molecular flexibility index (Phi) is 4.74. The van der Waals surface area contributed by atoms with Crippen LogP contribution in [-0.2, 0) is 0 Å². The number of anilines is 3. The number of ether oxygens (including phenoxy) is 1. The topological polar surface area (TPSA) is 158 Å². The Morgan fingerprint density at radius 1 is 1.24 bits per heavy atom. The van der Waals surface area contributed by atoms with Gasteiger partial charge in [-0.3, -0.25) is 5.32 Å². The highest BCUT2D eigenvalue weighted by Gasteiger charge is 2.36. The van der Waals surface area contributed by atoms with Crippen molar-refractivity contribution in [3.05, 3.63) is 40.7 Å². The van der Waals surface area contributed by atoms with Gasteiger partial charge in [0.15, 0.2) is 6.19 Å². The fourth-order valence-corrected chi connectivity index (χ4v) is 2.75. The molecule has 0 spiro atoms. The lowest BCUT2D eigenvalue weighted by Crippen LogP contribution is -2.33. The molecule has 2 heterocycles. The monoisotopic (exact) mass is 406 g/mol. The molecule has 1 aliphatic heterocycles. The number of halogens is 4. The van der Waals surface area contributed by atoms with E-state index in [9.17, 15) is 22.8 Å². The van der Waals surface area contributed by atoms with Crippen LogP contribution in [0.4, 0.5) is 34.9 Å². The van der Waals surface area contributed by atoms with Gasteiger partial charge in [-0.2, -0.15) is 10.5 Å². The number of hydrogen-bond donors (Lipinski definition) is 4. The molecule has 0 fully saturated rings. The molecule has 0 saturated carbocycles. The van der Waals surface area contributed by atoms with Crippen molar-refractivity contribution in [3.63, 3.8) is 0 Å². The van der Waals surface area contributed by atoms with Crippen LogP contribution in [0.25, 0.3) is 0 Å². The largest absolute Gasteiger partial charge is 0.573 e. The molecule has 1 unspecified atom stereocenters. The molecule has 1 aromatic carbocycles. The molecular formula is C16H10F4N8O. The Labute approximate surface area is 160 Å². The molecular weight excluding hydrogens is 396 g/mol. The minimum absolute atomic E-state index is 0.0119. The van der Waals surface area contributed by atoms with E-state index in [1.54, 1.807) is 12.3 Å². The molecule has 0 amide bonds. The zero-order valence-electron chi connectivity index (χ0n) is 14.2. The zero-order chi connectivity index (χ0) is 21.3. The van der Waals surface area contributed by atoms with Gasteiger partial charge in [0.05, 0.1) is 5.69 Å². The maximum absolute atomic E-state index is 13.6. The highest BCUT2D eigenvalue weighted by Crippen LogP contribution is 2.44. The van der Waals surface area contributed by atoms with Gasteiger partial charge in [0.2, 0.25) is 5.96 Å². The van der Waals surface area contributed by atoms with Gasteiger partial charge < -0.3 is 21.5 Å². The van der Waals surface area contributed by atoms with Crippen LogP contribution in [0.15, 0.2) is 23.2 Å². The molecule has 148 valence electrons. The minimum Gasteiger partial charge on any atom is -0.405 e. The number of hydrogen-bond acceptors (Lipinski definition) is 9. The van der Waals surface area contributed by atoms with Crippen LogP contribution in [0.3, 0.4) is 0 Å². The minimum atomic E-state index is -5.11. The predicted octanol–water partition coefficient (Wildman–Crippen LogP) is 2.10. The molecule has 29 heavy (non-hydrogen) atoms. The third-order valence-electron chi connectivity index (χ3n) is 3.85. The van der Waals surface area contributed by atoms with Crippen molar-refractivity contribution >= 4 is 23.3 Å². The molecule has 9 nitrogen and oxygen atoms in total. The van der Waals surface area contributed by atoms with Crippen LogP contribution in [-0.4, -0.2) is 17.3 Å². The summed E-state index contributed by atoms with van der Waals surface area (Å²) in [6, 6.07) is 2.89. The number of rotatable bonds is 2. The summed E-state index contributed by atoms with van der Waals surface area (Å²) in [6.07, 6.45) is -3.52. The first-order valence-corrected chi connectivity index (χ1v) is 7.68. The van der Waals surface area contributed by atoms with Crippen LogP contribution in [0.2, 0.25) is 0 Å². The van der Waals surface area contributed by atoms with Crippen LogP contribution in [0, 0.1) is 28.6 Å². The Morgan fingerprint density at radius 3 is 2.59 bits per heavy atom. The number of nitrogens with zero attached hydrogens (tertiary/aromatic N) is 4. The number of fused-ring (bicyclic) bond motifs is 1. The van der Waals surface area contributed by atoms with Gasteiger partial charge in [-0.05, 0) is 12.1 Å². The Balaban J connectivity index is 2.28. The first-order valence-electron chi connectivity index (χ1n) is 7.68. The number of guanidine groups is 1. The maximum Gasteiger partial charge on any atom is 0.573 e. The smallest absolute Gasteiger partial charge is 0.405 e. The van der Waals surface area contributed by atoms with E-state index in [-0.39, 0.29) is 40.0 Å². The summed E-state index contributed by atoms with van der Waals surface area (Å²) in [5.74, 6) is -2.31. The average Bonchev–Trinajstić information content (AvgIpc) is 2.60. The van der Waals surface area contributed by atoms with E-state index >= 15 is 0 Å². The van der Waals surface area contributed by atoms with Crippen molar-refractivity contribution < 1.29 is 22.3 Å². The number of nitriles is 2. The number of nitrogen functional groups attached to an aromatic ring is 2. The van der Waals surface area contributed by atoms with Crippen molar-refractivity contribution in [3.8, 4) is 18.0 Å². The number of nitrogens with two attached hydrogens (primary N) is 2. The Bertz CT molecular complexity index is 1100. The highest BCUT2D eigenvalue weighted by atomic mass is 19.4. The Hall–Kier alpha value is -4.26. The average molecular weight is 406 g/mol. The van der Waals surface area contributed by atoms with E-state index in [1.807, 2.05) is 0 Å². The standard InChI is InChI=1S/C16H10F4N8O/c17-6-1-2-7(9(3-6)29-16(18,19)20)12-10-11(23)8(4-21)13(24)27-14(10)28-15(26-12)25-5-22/h1-3,12H,(H6,23,24,25,26,27,28). The van der Waals surface area contributed by atoms with Gasteiger partial charge in [0.1, 0.15) is 40.9 Å². The summed E-state index contributed by atoms with van der Waals surface area (Å²) >= 11 is 0. The van der Waals surface area contributed by atoms with Gasteiger partial charge in [-0.25, -0.2) is 14.4 Å². The van der Waals surface area contributed by atoms with Crippen LogP contribution >= 0.6 is 0 Å².